The molecule has 0 aromatic heterocycles. The molecule has 6 heteroatoms. The molecule has 2 saturated carbocycles. The Hall–Kier alpha value is -3.28. The van der Waals surface area contributed by atoms with Crippen LogP contribution in [0.3, 0.4) is 0 Å². The molecular formula is C24H22N2O4. The van der Waals surface area contributed by atoms with E-state index in [1.807, 2.05) is 0 Å². The first-order chi connectivity index (χ1) is 14.4. The van der Waals surface area contributed by atoms with Crippen molar-refractivity contribution in [3.63, 3.8) is 0 Å². The summed E-state index contributed by atoms with van der Waals surface area (Å²) in [5.74, 6) is -0.117. The second-order valence-corrected chi connectivity index (χ2v) is 8.53. The number of Topliss-reactive ketones (excluding diaryl/α,β-unsaturated/α-hetero) is 1. The zero-order valence-corrected chi connectivity index (χ0v) is 16.6. The number of carbonyl (C=O) groups is 4. The van der Waals surface area contributed by atoms with Crippen LogP contribution in [0.2, 0.25) is 0 Å². The van der Waals surface area contributed by atoms with Crippen LogP contribution in [0.4, 0.5) is 11.4 Å². The monoisotopic (exact) mass is 402 g/mol. The van der Waals surface area contributed by atoms with Gasteiger partial charge in [0.25, 0.3) is 5.91 Å². The lowest BCUT2D eigenvalue weighted by Crippen LogP contribution is -2.32. The van der Waals surface area contributed by atoms with Crippen molar-refractivity contribution in [2.45, 2.75) is 26.2 Å². The zero-order chi connectivity index (χ0) is 21.0. The van der Waals surface area contributed by atoms with Crippen LogP contribution in [-0.2, 0) is 9.59 Å². The maximum absolute atomic E-state index is 12.9. The summed E-state index contributed by atoms with van der Waals surface area (Å²) in [5, 5.41) is 2.79. The maximum Gasteiger partial charge on any atom is 0.255 e. The second kappa shape index (κ2) is 6.90. The molecule has 3 fully saturated rings. The van der Waals surface area contributed by atoms with E-state index in [1.54, 1.807) is 48.5 Å². The number of hydrogen-bond acceptors (Lipinski definition) is 4. The van der Waals surface area contributed by atoms with E-state index in [-0.39, 0.29) is 35.3 Å². The van der Waals surface area contributed by atoms with Gasteiger partial charge in [-0.2, -0.15) is 0 Å². The molecule has 2 aliphatic carbocycles. The minimum Gasteiger partial charge on any atom is -0.322 e. The lowest BCUT2D eigenvalue weighted by molar-refractivity contribution is -0.123. The molecule has 2 aromatic rings. The summed E-state index contributed by atoms with van der Waals surface area (Å²) in [6, 6.07) is 13.2. The molecule has 152 valence electrons. The van der Waals surface area contributed by atoms with Crippen LogP contribution in [0.1, 0.15) is 46.9 Å². The van der Waals surface area contributed by atoms with Crippen molar-refractivity contribution >= 4 is 34.9 Å². The number of benzene rings is 2. The largest absolute Gasteiger partial charge is 0.322 e. The van der Waals surface area contributed by atoms with Gasteiger partial charge in [-0.25, -0.2) is 0 Å². The van der Waals surface area contributed by atoms with Gasteiger partial charge < -0.3 is 5.32 Å². The number of anilines is 2. The van der Waals surface area contributed by atoms with Crippen LogP contribution in [0.5, 0.6) is 0 Å². The molecule has 1 saturated heterocycles. The summed E-state index contributed by atoms with van der Waals surface area (Å²) < 4.78 is 0. The van der Waals surface area contributed by atoms with Crippen LogP contribution < -0.4 is 10.2 Å². The molecule has 6 nitrogen and oxygen atoms in total. The summed E-state index contributed by atoms with van der Waals surface area (Å²) in [5.41, 5.74) is 2.12. The molecule has 1 N–H and O–H groups in total. The number of nitrogens with zero attached hydrogens (tertiary/aromatic N) is 1. The second-order valence-electron chi connectivity index (χ2n) is 8.53. The molecule has 4 atom stereocenters. The first kappa shape index (κ1) is 18.7. The molecule has 0 radical (unpaired) electrons. The van der Waals surface area contributed by atoms with Gasteiger partial charge in [-0.05, 0) is 86.6 Å². The molecular weight excluding hydrogens is 380 g/mol. The fourth-order valence-corrected chi connectivity index (χ4v) is 5.42. The van der Waals surface area contributed by atoms with Crippen molar-refractivity contribution in [1.82, 2.24) is 0 Å². The van der Waals surface area contributed by atoms with Gasteiger partial charge in [-0.3, -0.25) is 24.1 Å². The van der Waals surface area contributed by atoms with Crippen LogP contribution in [0, 0.1) is 23.7 Å². The predicted octanol–water partition coefficient (Wildman–Crippen LogP) is 3.68. The average Bonchev–Trinajstić information content (AvgIpc) is 3.42. The lowest BCUT2D eigenvalue weighted by atomic mass is 9.81. The summed E-state index contributed by atoms with van der Waals surface area (Å²) in [7, 11) is 0. The molecule has 0 unspecified atom stereocenters. The number of fused-ring (bicyclic) bond motifs is 5. The standard InChI is InChI=1S/C24H22N2O4/c1-13(27)14-4-8-18(9-5-14)25-22(28)15-6-10-19(11-7-15)26-23(29)20-16-2-3-17(12-16)21(20)24(26)30/h4-11,16-17,20-21H,2-3,12H2,1H3,(H,25,28)/t16-,17+,20-,21+. The van der Waals surface area contributed by atoms with Gasteiger partial charge in [0, 0.05) is 16.8 Å². The minimum atomic E-state index is -0.300. The molecule has 2 aromatic carbocycles. The Bertz CT molecular complexity index is 1030. The third kappa shape index (κ3) is 2.86. The first-order valence-electron chi connectivity index (χ1n) is 10.3. The number of hydrogen-bond donors (Lipinski definition) is 1. The fraction of sp³-hybridized carbons (Fsp3) is 0.333. The van der Waals surface area contributed by atoms with E-state index in [2.05, 4.69) is 5.32 Å². The van der Waals surface area contributed by atoms with E-state index >= 15 is 0 Å². The molecule has 3 aliphatic rings. The highest BCUT2D eigenvalue weighted by Gasteiger charge is 2.61. The van der Waals surface area contributed by atoms with Gasteiger partial charge in [0.05, 0.1) is 17.5 Å². The Morgan fingerprint density at radius 3 is 1.90 bits per heavy atom. The summed E-state index contributed by atoms with van der Waals surface area (Å²) in [4.78, 5) is 51.0. The van der Waals surface area contributed by atoms with E-state index in [0.717, 1.165) is 19.3 Å². The van der Waals surface area contributed by atoms with Gasteiger partial charge >= 0.3 is 0 Å². The van der Waals surface area contributed by atoms with Crippen LogP contribution in [0.15, 0.2) is 48.5 Å². The van der Waals surface area contributed by atoms with Crippen LogP contribution in [-0.4, -0.2) is 23.5 Å². The highest BCUT2D eigenvalue weighted by Crippen LogP contribution is 2.56. The van der Waals surface area contributed by atoms with Gasteiger partial charge in [0.1, 0.15) is 0 Å². The third-order valence-corrected chi connectivity index (χ3v) is 6.86. The molecule has 2 bridgehead atoms. The van der Waals surface area contributed by atoms with Crippen LogP contribution in [0.25, 0.3) is 0 Å². The first-order valence-corrected chi connectivity index (χ1v) is 10.3. The van der Waals surface area contributed by atoms with Crippen molar-refractivity contribution in [1.29, 1.82) is 0 Å². The number of imide groups is 1. The van der Waals surface area contributed by atoms with Crippen LogP contribution >= 0.6 is 0 Å². The average molecular weight is 402 g/mol. The Morgan fingerprint density at radius 2 is 1.37 bits per heavy atom. The summed E-state index contributed by atoms with van der Waals surface area (Å²) >= 11 is 0. The molecule has 5 rings (SSSR count). The smallest absolute Gasteiger partial charge is 0.255 e. The number of rotatable bonds is 4. The number of amides is 3. The SMILES string of the molecule is CC(=O)c1ccc(NC(=O)c2ccc(N3C(=O)[C@@H]4[C@@H]5CC[C@@H](C5)[C@@H]4C3=O)cc2)cc1. The molecule has 1 aliphatic heterocycles. The summed E-state index contributed by atoms with van der Waals surface area (Å²) in [6.07, 6.45) is 3.10. The zero-order valence-electron chi connectivity index (χ0n) is 16.6. The van der Waals surface area contributed by atoms with E-state index in [9.17, 15) is 19.2 Å². The van der Waals surface area contributed by atoms with Crippen molar-refractivity contribution in [2.24, 2.45) is 23.7 Å². The minimum absolute atomic E-state index is 0.0355. The van der Waals surface area contributed by atoms with Gasteiger partial charge in [-0.15, -0.1) is 0 Å². The Morgan fingerprint density at radius 1 is 0.833 bits per heavy atom. The molecule has 3 amide bonds. The normalized spacial score (nSPS) is 26.8. The van der Waals surface area contributed by atoms with Crippen molar-refractivity contribution in [3.05, 3.63) is 59.7 Å². The number of nitrogens with one attached hydrogen (secondary N) is 1. The Balaban J connectivity index is 1.31. The van der Waals surface area contributed by atoms with Gasteiger partial charge in [0.2, 0.25) is 11.8 Å². The highest BCUT2D eigenvalue weighted by molar-refractivity contribution is 6.22. The van der Waals surface area contributed by atoms with E-state index in [1.165, 1.54) is 11.8 Å². The van der Waals surface area contributed by atoms with E-state index in [0.29, 0.717) is 34.3 Å². The van der Waals surface area contributed by atoms with Gasteiger partial charge in [0.15, 0.2) is 5.78 Å². The van der Waals surface area contributed by atoms with Crippen molar-refractivity contribution < 1.29 is 19.2 Å². The summed E-state index contributed by atoms with van der Waals surface area (Å²) in [6.45, 7) is 1.49. The highest BCUT2D eigenvalue weighted by atomic mass is 16.2. The Labute approximate surface area is 174 Å². The fourth-order valence-electron chi connectivity index (χ4n) is 5.42. The topological polar surface area (TPSA) is 83.6 Å². The molecule has 1 heterocycles. The van der Waals surface area contributed by atoms with Crippen molar-refractivity contribution in [3.8, 4) is 0 Å². The number of ketones is 1. The van der Waals surface area contributed by atoms with Gasteiger partial charge in [-0.1, -0.05) is 0 Å². The van der Waals surface area contributed by atoms with Crippen molar-refractivity contribution in [2.75, 3.05) is 10.2 Å². The Kier molecular flexibility index (Phi) is 4.31. The third-order valence-electron chi connectivity index (χ3n) is 6.86. The maximum atomic E-state index is 12.9. The quantitative estimate of drug-likeness (QED) is 0.625. The molecule has 30 heavy (non-hydrogen) atoms. The van der Waals surface area contributed by atoms with E-state index in [4.69, 9.17) is 0 Å². The predicted molar refractivity (Wildman–Crippen MR) is 111 cm³/mol. The van der Waals surface area contributed by atoms with E-state index < -0.39 is 0 Å². The lowest BCUT2D eigenvalue weighted by Gasteiger charge is -2.19. The molecule has 0 spiro atoms. The number of carbonyl (C=O) groups excluding carboxylic acids is 4.